The molecule has 1 fully saturated rings. The molecule has 0 spiro atoms. The fourth-order valence-electron chi connectivity index (χ4n) is 5.38. The van der Waals surface area contributed by atoms with Gasteiger partial charge in [-0.25, -0.2) is 0 Å². The maximum Gasteiger partial charge on any atom is 0.223 e. The molecule has 7 nitrogen and oxygen atoms in total. The average molecular weight is 535 g/mol. The maximum atomic E-state index is 13.1. The van der Waals surface area contributed by atoms with Crippen LogP contribution >= 0.6 is 0 Å². The van der Waals surface area contributed by atoms with E-state index in [0.717, 1.165) is 50.9 Å². The third-order valence-electron chi connectivity index (χ3n) is 8.10. The first-order valence-corrected chi connectivity index (χ1v) is 14.6. The number of hydrogen-bond donors (Lipinski definition) is 3. The van der Waals surface area contributed by atoms with Crippen LogP contribution in [-0.4, -0.2) is 63.2 Å². The zero-order valence-corrected chi connectivity index (χ0v) is 24.7. The van der Waals surface area contributed by atoms with Gasteiger partial charge in [-0.05, 0) is 86.3 Å². The number of carbonyl (C=O) groups is 1. The van der Waals surface area contributed by atoms with Crippen molar-refractivity contribution < 1.29 is 24.1 Å². The summed E-state index contributed by atoms with van der Waals surface area (Å²) in [5, 5.41) is 14.3. The minimum Gasteiger partial charge on any atom is -0.496 e. The van der Waals surface area contributed by atoms with Gasteiger partial charge in [0.1, 0.15) is 5.75 Å². The molecule has 0 radical (unpaired) electrons. The lowest BCUT2D eigenvalue weighted by atomic mass is 9.80. The molecule has 1 aromatic rings. The van der Waals surface area contributed by atoms with Crippen molar-refractivity contribution in [1.29, 1.82) is 0 Å². The van der Waals surface area contributed by atoms with E-state index in [9.17, 15) is 9.90 Å². The van der Waals surface area contributed by atoms with Crippen molar-refractivity contribution in [1.82, 2.24) is 5.32 Å². The van der Waals surface area contributed by atoms with E-state index in [1.54, 1.807) is 14.2 Å². The van der Waals surface area contributed by atoms with Gasteiger partial charge in [0.2, 0.25) is 5.91 Å². The molecule has 218 valence electrons. The zero-order valence-electron chi connectivity index (χ0n) is 24.7. The molecule has 1 amide bonds. The molecule has 1 saturated heterocycles. The summed E-state index contributed by atoms with van der Waals surface area (Å²) >= 11 is 0. The van der Waals surface area contributed by atoms with Crippen molar-refractivity contribution in [3.05, 3.63) is 29.3 Å². The molecule has 0 saturated carbocycles. The molecule has 4 N–H and O–H groups in total. The normalized spacial score (nSPS) is 17.8. The summed E-state index contributed by atoms with van der Waals surface area (Å²) in [6, 6.07) is 6.24. The summed E-state index contributed by atoms with van der Waals surface area (Å²) in [5.41, 5.74) is 9.07. The largest absolute Gasteiger partial charge is 0.496 e. The van der Waals surface area contributed by atoms with E-state index in [4.69, 9.17) is 19.9 Å². The molecule has 1 aliphatic heterocycles. The van der Waals surface area contributed by atoms with Gasteiger partial charge in [-0.15, -0.1) is 0 Å². The van der Waals surface area contributed by atoms with Crippen LogP contribution in [0.2, 0.25) is 0 Å². The van der Waals surface area contributed by atoms with E-state index in [2.05, 4.69) is 37.4 Å². The molecule has 1 heterocycles. The average Bonchev–Trinajstić information content (AvgIpc) is 2.89. The molecule has 0 aromatic heterocycles. The van der Waals surface area contributed by atoms with Gasteiger partial charge in [-0.1, -0.05) is 39.8 Å². The number of aryl methyl sites for hydroxylation is 1. The number of nitrogens with one attached hydrogen (secondary N) is 1. The van der Waals surface area contributed by atoms with Crippen LogP contribution < -0.4 is 15.8 Å². The van der Waals surface area contributed by atoms with Crippen molar-refractivity contribution in [2.75, 3.05) is 34.0 Å². The minimum absolute atomic E-state index is 0.0230. The third-order valence-corrected chi connectivity index (χ3v) is 8.10. The number of aliphatic hydroxyl groups is 1. The van der Waals surface area contributed by atoms with Crippen molar-refractivity contribution in [2.45, 2.75) is 97.2 Å². The standard InChI is InChI=1S/C31H54N2O5/c1-21(2)25(18-23-10-11-30(37-6)24(17-23)9-7-8-14-36-5)19-28(32)29(34)20-27(22(3)4)31(35)33-26-12-15-38-16-13-26/h10-11,17,21-22,25-29,34H,7-9,12-16,18-20,32H2,1-6H3,(H,33,35). The highest BCUT2D eigenvalue weighted by Crippen LogP contribution is 2.29. The molecule has 4 unspecified atom stereocenters. The van der Waals surface area contributed by atoms with Gasteiger partial charge in [-0.3, -0.25) is 4.79 Å². The molecular formula is C31H54N2O5. The van der Waals surface area contributed by atoms with Gasteiger partial charge in [-0.2, -0.15) is 0 Å². The Hall–Kier alpha value is -1.67. The quantitative estimate of drug-likeness (QED) is 0.254. The van der Waals surface area contributed by atoms with Gasteiger partial charge in [0.25, 0.3) is 0 Å². The third kappa shape index (κ3) is 10.8. The Labute approximate surface area is 231 Å². The molecule has 1 aromatic carbocycles. The van der Waals surface area contributed by atoms with E-state index < -0.39 is 6.10 Å². The second-order valence-electron chi connectivity index (χ2n) is 11.8. The predicted molar refractivity (Wildman–Crippen MR) is 153 cm³/mol. The number of unbranched alkanes of at least 4 members (excludes halogenated alkanes) is 1. The summed E-state index contributed by atoms with van der Waals surface area (Å²) in [7, 11) is 3.46. The summed E-state index contributed by atoms with van der Waals surface area (Å²) in [6.07, 6.45) is 5.98. The number of benzene rings is 1. The lowest BCUT2D eigenvalue weighted by Gasteiger charge is -2.31. The Morgan fingerprint density at radius 3 is 2.42 bits per heavy atom. The van der Waals surface area contributed by atoms with Crippen LogP contribution in [0, 0.1) is 23.7 Å². The highest BCUT2D eigenvalue weighted by atomic mass is 16.5. The second-order valence-corrected chi connectivity index (χ2v) is 11.8. The highest BCUT2D eigenvalue weighted by molar-refractivity contribution is 5.79. The fraction of sp³-hybridized carbons (Fsp3) is 0.774. The Morgan fingerprint density at radius 1 is 1.11 bits per heavy atom. The van der Waals surface area contributed by atoms with Crippen LogP contribution in [-0.2, 0) is 27.1 Å². The van der Waals surface area contributed by atoms with E-state index in [1.807, 2.05) is 13.8 Å². The van der Waals surface area contributed by atoms with Crippen molar-refractivity contribution >= 4 is 5.91 Å². The van der Waals surface area contributed by atoms with Crippen molar-refractivity contribution in [3.8, 4) is 5.75 Å². The summed E-state index contributed by atoms with van der Waals surface area (Å²) in [6.45, 7) is 10.7. The van der Waals surface area contributed by atoms with Crippen LogP contribution in [0.25, 0.3) is 0 Å². The first-order chi connectivity index (χ1) is 18.2. The van der Waals surface area contributed by atoms with Crippen LogP contribution in [0.1, 0.15) is 77.3 Å². The minimum atomic E-state index is -0.726. The number of methoxy groups -OCH3 is 2. The van der Waals surface area contributed by atoms with Crippen molar-refractivity contribution in [2.24, 2.45) is 29.4 Å². The number of aliphatic hydroxyl groups excluding tert-OH is 1. The molecule has 0 aliphatic carbocycles. The van der Waals surface area contributed by atoms with E-state index in [-0.39, 0.29) is 29.8 Å². The molecule has 38 heavy (non-hydrogen) atoms. The second kappa shape index (κ2) is 17.1. The molecule has 7 heteroatoms. The Balaban J connectivity index is 2.00. The number of ether oxygens (including phenoxy) is 3. The number of carbonyl (C=O) groups excluding carboxylic acids is 1. The van der Waals surface area contributed by atoms with Crippen LogP contribution in [0.3, 0.4) is 0 Å². The fourth-order valence-corrected chi connectivity index (χ4v) is 5.38. The van der Waals surface area contributed by atoms with E-state index >= 15 is 0 Å². The number of nitrogens with two attached hydrogens (primary N) is 1. The molecular weight excluding hydrogens is 480 g/mol. The molecule has 4 atom stereocenters. The molecule has 1 aliphatic rings. The summed E-state index contributed by atoms with van der Waals surface area (Å²) in [4.78, 5) is 13.1. The Bertz CT molecular complexity index is 809. The highest BCUT2D eigenvalue weighted by Gasteiger charge is 2.31. The van der Waals surface area contributed by atoms with Crippen LogP contribution in [0.15, 0.2) is 18.2 Å². The van der Waals surface area contributed by atoms with E-state index in [1.165, 1.54) is 11.1 Å². The SMILES string of the molecule is COCCCCc1cc(CC(CC(N)C(O)CC(C(=O)NC2CCOCC2)C(C)C)C(C)C)ccc1OC. The molecule has 2 rings (SSSR count). The van der Waals surface area contributed by atoms with Gasteiger partial charge in [0.15, 0.2) is 0 Å². The Kier molecular flexibility index (Phi) is 14.7. The van der Waals surface area contributed by atoms with Crippen molar-refractivity contribution in [3.63, 3.8) is 0 Å². The summed E-state index contributed by atoms with van der Waals surface area (Å²) < 4.78 is 16.2. The maximum absolute atomic E-state index is 13.1. The lowest BCUT2D eigenvalue weighted by molar-refractivity contribution is -0.129. The first kappa shape index (κ1) is 32.5. The monoisotopic (exact) mass is 534 g/mol. The number of rotatable bonds is 17. The topological polar surface area (TPSA) is 103 Å². The zero-order chi connectivity index (χ0) is 28.1. The van der Waals surface area contributed by atoms with Crippen LogP contribution in [0.4, 0.5) is 0 Å². The van der Waals surface area contributed by atoms with Crippen LogP contribution in [0.5, 0.6) is 5.75 Å². The summed E-state index contributed by atoms with van der Waals surface area (Å²) in [5.74, 6) is 1.55. The smallest absolute Gasteiger partial charge is 0.223 e. The lowest BCUT2D eigenvalue weighted by Crippen LogP contribution is -2.46. The van der Waals surface area contributed by atoms with E-state index in [0.29, 0.717) is 37.9 Å². The number of hydrogen-bond acceptors (Lipinski definition) is 6. The van der Waals surface area contributed by atoms with Gasteiger partial charge >= 0.3 is 0 Å². The van der Waals surface area contributed by atoms with Gasteiger partial charge < -0.3 is 30.4 Å². The first-order valence-electron chi connectivity index (χ1n) is 14.6. The number of amides is 1. The Morgan fingerprint density at radius 2 is 1.82 bits per heavy atom. The molecule has 0 bridgehead atoms. The van der Waals surface area contributed by atoms with Gasteiger partial charge in [0.05, 0.1) is 13.2 Å². The predicted octanol–water partition coefficient (Wildman–Crippen LogP) is 4.51. The van der Waals surface area contributed by atoms with Gasteiger partial charge in [0, 0.05) is 44.9 Å².